The highest BCUT2D eigenvalue weighted by Crippen LogP contribution is 2.19. The number of carbonyl (C=O) groups excluding carboxylic acids is 1. The van der Waals surface area contributed by atoms with Crippen molar-refractivity contribution in [2.24, 2.45) is 0 Å². The summed E-state index contributed by atoms with van der Waals surface area (Å²) in [7, 11) is 0. The van der Waals surface area contributed by atoms with Crippen LogP contribution in [0.5, 0.6) is 0 Å². The number of amides is 1. The Balaban J connectivity index is 2.75. The molecule has 0 aromatic rings. The predicted octanol–water partition coefficient (Wildman–Crippen LogP) is -3.08. The molecule has 88 valence electrons. The standard InChI is InChI=1S/C8H15NO6/c1-3(11)9-5-4(2-10)15-8(14)7(13)6(5)12/h4-8,10,12-14H,2H2,1H3,(H,9,11)/t4-,5-,6+,7-,8-/m1/s1. The molecular weight excluding hydrogens is 206 g/mol. The second-order valence-corrected chi connectivity index (χ2v) is 3.46. The van der Waals surface area contributed by atoms with Crippen LogP contribution in [0.25, 0.3) is 0 Å². The van der Waals surface area contributed by atoms with Crippen LogP contribution in [0.2, 0.25) is 0 Å². The van der Waals surface area contributed by atoms with E-state index in [1.54, 1.807) is 0 Å². The SMILES string of the molecule is CC(=O)N[C@H]1[C@H](O)[C@@H](O)[C@H](O)O[C@@H]1CO. The van der Waals surface area contributed by atoms with Gasteiger partial charge in [0.1, 0.15) is 18.3 Å². The van der Waals surface area contributed by atoms with Gasteiger partial charge < -0.3 is 30.5 Å². The third kappa shape index (κ3) is 2.64. The Hall–Kier alpha value is -0.730. The molecule has 0 radical (unpaired) electrons. The van der Waals surface area contributed by atoms with E-state index in [9.17, 15) is 15.0 Å². The molecule has 1 aliphatic heterocycles. The maximum Gasteiger partial charge on any atom is 0.217 e. The van der Waals surface area contributed by atoms with Gasteiger partial charge in [-0.25, -0.2) is 0 Å². The van der Waals surface area contributed by atoms with Gasteiger partial charge in [-0.15, -0.1) is 0 Å². The molecule has 0 aromatic carbocycles. The number of hydrogen-bond acceptors (Lipinski definition) is 6. The van der Waals surface area contributed by atoms with E-state index in [-0.39, 0.29) is 0 Å². The maximum atomic E-state index is 10.8. The fourth-order valence-corrected chi connectivity index (χ4v) is 1.51. The van der Waals surface area contributed by atoms with Gasteiger partial charge >= 0.3 is 0 Å². The first-order valence-corrected chi connectivity index (χ1v) is 4.55. The lowest BCUT2D eigenvalue weighted by Crippen LogP contribution is -2.64. The van der Waals surface area contributed by atoms with Gasteiger partial charge in [0, 0.05) is 6.92 Å². The molecule has 7 heteroatoms. The minimum atomic E-state index is -1.57. The molecule has 0 saturated carbocycles. The molecule has 0 aliphatic carbocycles. The van der Waals surface area contributed by atoms with Crippen LogP contribution < -0.4 is 5.32 Å². The molecule has 1 rings (SSSR count). The lowest BCUT2D eigenvalue weighted by molar-refractivity contribution is -0.262. The first-order valence-electron chi connectivity index (χ1n) is 4.55. The largest absolute Gasteiger partial charge is 0.394 e. The molecule has 7 nitrogen and oxygen atoms in total. The highest BCUT2D eigenvalue weighted by atomic mass is 16.6. The highest BCUT2D eigenvalue weighted by molar-refractivity contribution is 5.73. The van der Waals surface area contributed by atoms with Crippen molar-refractivity contribution in [2.75, 3.05) is 6.61 Å². The Kier molecular flexibility index (Phi) is 4.00. The number of nitrogens with one attached hydrogen (secondary N) is 1. The number of rotatable bonds is 2. The van der Waals surface area contributed by atoms with E-state index in [1.807, 2.05) is 0 Å². The predicted molar refractivity (Wildman–Crippen MR) is 47.6 cm³/mol. The molecule has 5 atom stereocenters. The molecular formula is C8H15NO6. The first-order chi connectivity index (χ1) is 6.97. The summed E-state index contributed by atoms with van der Waals surface area (Å²) in [5, 5.41) is 39.2. The van der Waals surface area contributed by atoms with E-state index in [1.165, 1.54) is 6.92 Å². The molecule has 1 heterocycles. The number of ether oxygens (including phenoxy) is 1. The van der Waals surface area contributed by atoms with Gasteiger partial charge in [-0.3, -0.25) is 4.79 Å². The van der Waals surface area contributed by atoms with Gasteiger partial charge in [0.05, 0.1) is 12.6 Å². The molecule has 5 N–H and O–H groups in total. The minimum Gasteiger partial charge on any atom is -0.394 e. The summed E-state index contributed by atoms with van der Waals surface area (Å²) in [6.07, 6.45) is -5.40. The molecule has 0 spiro atoms. The lowest BCUT2D eigenvalue weighted by atomic mass is 9.96. The molecule has 1 aliphatic rings. The van der Waals surface area contributed by atoms with Gasteiger partial charge in [0.25, 0.3) is 0 Å². The van der Waals surface area contributed by atoms with Crippen LogP contribution >= 0.6 is 0 Å². The Morgan fingerprint density at radius 2 is 1.93 bits per heavy atom. The van der Waals surface area contributed by atoms with Crippen LogP contribution in [0.3, 0.4) is 0 Å². The zero-order valence-electron chi connectivity index (χ0n) is 8.20. The van der Waals surface area contributed by atoms with Crippen molar-refractivity contribution in [3.8, 4) is 0 Å². The van der Waals surface area contributed by atoms with Gasteiger partial charge in [-0.05, 0) is 0 Å². The Bertz CT molecular complexity index is 233. The maximum absolute atomic E-state index is 10.8. The average molecular weight is 221 g/mol. The Labute approximate surface area is 86.3 Å². The zero-order chi connectivity index (χ0) is 11.6. The second-order valence-electron chi connectivity index (χ2n) is 3.46. The third-order valence-electron chi connectivity index (χ3n) is 2.27. The van der Waals surface area contributed by atoms with Gasteiger partial charge in [0.2, 0.25) is 5.91 Å². The van der Waals surface area contributed by atoms with Crippen LogP contribution in [-0.2, 0) is 9.53 Å². The van der Waals surface area contributed by atoms with Crippen LogP contribution in [-0.4, -0.2) is 63.6 Å². The normalized spacial score (nSPS) is 41.3. The van der Waals surface area contributed by atoms with E-state index < -0.39 is 43.2 Å². The first kappa shape index (κ1) is 12.3. The van der Waals surface area contributed by atoms with Crippen molar-refractivity contribution in [1.29, 1.82) is 0 Å². The summed E-state index contributed by atoms with van der Waals surface area (Å²) in [4.78, 5) is 10.8. The molecule has 1 fully saturated rings. The number of aliphatic hydroxyl groups excluding tert-OH is 4. The zero-order valence-corrected chi connectivity index (χ0v) is 8.20. The number of aliphatic hydroxyl groups is 4. The lowest BCUT2D eigenvalue weighted by Gasteiger charge is -2.40. The van der Waals surface area contributed by atoms with Crippen molar-refractivity contribution in [3.05, 3.63) is 0 Å². The molecule has 0 aromatic heterocycles. The molecule has 1 saturated heterocycles. The third-order valence-corrected chi connectivity index (χ3v) is 2.27. The van der Waals surface area contributed by atoms with Crippen molar-refractivity contribution in [1.82, 2.24) is 5.32 Å². The fraction of sp³-hybridized carbons (Fsp3) is 0.875. The summed E-state index contributed by atoms with van der Waals surface area (Å²) >= 11 is 0. The summed E-state index contributed by atoms with van der Waals surface area (Å²) in [5.74, 6) is -0.426. The molecule has 1 amide bonds. The van der Waals surface area contributed by atoms with Crippen LogP contribution in [0.1, 0.15) is 6.92 Å². The van der Waals surface area contributed by atoms with E-state index in [2.05, 4.69) is 5.32 Å². The van der Waals surface area contributed by atoms with Gasteiger partial charge in [-0.2, -0.15) is 0 Å². The average Bonchev–Trinajstić information content (AvgIpc) is 2.18. The number of hydrogen-bond donors (Lipinski definition) is 5. The Morgan fingerprint density at radius 1 is 1.33 bits per heavy atom. The smallest absolute Gasteiger partial charge is 0.217 e. The van der Waals surface area contributed by atoms with E-state index in [0.29, 0.717) is 0 Å². The number of carbonyl (C=O) groups is 1. The Morgan fingerprint density at radius 3 is 2.40 bits per heavy atom. The van der Waals surface area contributed by atoms with Crippen LogP contribution in [0.4, 0.5) is 0 Å². The van der Waals surface area contributed by atoms with Gasteiger partial charge in [0.15, 0.2) is 6.29 Å². The van der Waals surface area contributed by atoms with Gasteiger partial charge in [-0.1, -0.05) is 0 Å². The molecule has 0 bridgehead atoms. The van der Waals surface area contributed by atoms with Crippen molar-refractivity contribution < 1.29 is 30.0 Å². The highest BCUT2D eigenvalue weighted by Gasteiger charge is 2.43. The van der Waals surface area contributed by atoms with Crippen LogP contribution in [0, 0.1) is 0 Å². The summed E-state index contributed by atoms with van der Waals surface area (Å²) < 4.78 is 4.81. The quantitative estimate of drug-likeness (QED) is 0.337. The van der Waals surface area contributed by atoms with E-state index in [4.69, 9.17) is 14.9 Å². The van der Waals surface area contributed by atoms with Crippen LogP contribution in [0.15, 0.2) is 0 Å². The second kappa shape index (κ2) is 4.86. The van der Waals surface area contributed by atoms with Crippen molar-refractivity contribution in [2.45, 2.75) is 37.6 Å². The topological polar surface area (TPSA) is 119 Å². The van der Waals surface area contributed by atoms with Crippen molar-refractivity contribution in [3.63, 3.8) is 0 Å². The van der Waals surface area contributed by atoms with Crippen molar-refractivity contribution >= 4 is 5.91 Å². The van der Waals surface area contributed by atoms with E-state index >= 15 is 0 Å². The fourth-order valence-electron chi connectivity index (χ4n) is 1.51. The minimum absolute atomic E-state index is 0.426. The summed E-state index contributed by atoms with van der Waals surface area (Å²) in [6, 6.07) is -0.939. The van der Waals surface area contributed by atoms with E-state index in [0.717, 1.165) is 0 Å². The summed E-state index contributed by atoms with van der Waals surface area (Å²) in [6.45, 7) is 0.754. The monoisotopic (exact) mass is 221 g/mol. The molecule has 15 heavy (non-hydrogen) atoms. The summed E-state index contributed by atoms with van der Waals surface area (Å²) in [5.41, 5.74) is 0. The molecule has 0 unspecified atom stereocenters.